The Morgan fingerprint density at radius 3 is 1.19 bits per heavy atom. The van der Waals surface area contributed by atoms with Crippen LogP contribution in [-0.2, 0) is 78.2 Å². The van der Waals surface area contributed by atoms with E-state index in [0.717, 1.165) is 6.07 Å². The highest BCUT2D eigenvalue weighted by molar-refractivity contribution is 7.86. The van der Waals surface area contributed by atoms with Crippen molar-refractivity contribution in [2.24, 2.45) is 0 Å². The molecule has 0 fully saturated rings. The van der Waals surface area contributed by atoms with E-state index in [4.69, 9.17) is 84.8 Å². The SMILES string of the molecule is [B]Cc1cc(C[B])c(CC(=O)c2cc(C(=O)OC(C)C(F)(F)S(=O)(=O)O)c(C(=O)Oc3c(C[B])cc(C[B])cc3C[B])cc2C(=O)Oc2c(C[B])cc(C[B])cc2C[B])c(C[B])c1. The highest BCUT2D eigenvalue weighted by Gasteiger charge is 2.52. The van der Waals surface area contributed by atoms with Crippen LogP contribution < -0.4 is 9.47 Å². The van der Waals surface area contributed by atoms with Gasteiger partial charge < -0.3 is 14.2 Å². The van der Waals surface area contributed by atoms with Crippen LogP contribution in [0.5, 0.6) is 11.5 Å². The van der Waals surface area contributed by atoms with Crippen molar-refractivity contribution in [3.05, 3.63) is 126 Å². The number of esters is 3. The molecule has 304 valence electrons. The number of hydrogen-bond donors (Lipinski definition) is 1. The molecule has 1 atom stereocenters. The Labute approximate surface area is 377 Å². The third-order valence-electron chi connectivity index (χ3n) is 10.1. The largest absolute Gasteiger partial charge is 0.451 e. The summed E-state index contributed by atoms with van der Waals surface area (Å²) >= 11 is 0. The number of alkyl halides is 2. The maximum absolute atomic E-state index is 14.8. The summed E-state index contributed by atoms with van der Waals surface area (Å²) in [6, 6.07) is 10.9. The zero-order chi connectivity index (χ0) is 47.0. The number of Topliss-reactive ketones (excluding diaryl/α,β-unsaturated/α-hetero) is 1. The number of halogens is 2. The molecule has 0 aromatic heterocycles. The van der Waals surface area contributed by atoms with E-state index in [2.05, 4.69) is 0 Å². The summed E-state index contributed by atoms with van der Waals surface area (Å²) in [5.74, 6) is -5.74. The van der Waals surface area contributed by atoms with Gasteiger partial charge in [-0.05, 0) is 46.9 Å². The number of ketones is 1. The van der Waals surface area contributed by atoms with Crippen molar-refractivity contribution in [1.29, 1.82) is 0 Å². The molecule has 18 radical (unpaired) electrons. The fraction of sp³-hybridized carbons (Fsp3) is 0.317. The average Bonchev–Trinajstić information content (AvgIpc) is 3.27. The van der Waals surface area contributed by atoms with E-state index in [9.17, 15) is 40.9 Å². The van der Waals surface area contributed by atoms with Gasteiger partial charge in [0.1, 0.15) is 11.5 Å². The summed E-state index contributed by atoms with van der Waals surface area (Å²) in [4.78, 5) is 57.3. The second kappa shape index (κ2) is 21.8. The van der Waals surface area contributed by atoms with Gasteiger partial charge in [-0.15, -0.1) is 0 Å². The topological polar surface area (TPSA) is 150 Å². The predicted octanol–water partition coefficient (Wildman–Crippen LogP) is 2.59. The lowest BCUT2D eigenvalue weighted by molar-refractivity contribution is -0.0550. The summed E-state index contributed by atoms with van der Waals surface area (Å²) < 4.78 is 78.3. The third-order valence-corrected chi connectivity index (χ3v) is 11.1. The van der Waals surface area contributed by atoms with Crippen LogP contribution >= 0.6 is 0 Å². The normalized spacial score (nSPS) is 12.1. The Kier molecular flexibility index (Phi) is 17.6. The molecule has 4 aromatic rings. The number of ether oxygens (including phenoxy) is 3. The smallest absolute Gasteiger partial charge is 0.405 e. The molecule has 0 amide bonds. The van der Waals surface area contributed by atoms with E-state index >= 15 is 0 Å². The first-order valence-electron chi connectivity index (χ1n) is 19.2. The van der Waals surface area contributed by atoms with E-state index in [0.29, 0.717) is 46.4 Å². The molecule has 0 aliphatic carbocycles. The molecule has 10 nitrogen and oxygen atoms in total. The van der Waals surface area contributed by atoms with Crippen molar-refractivity contribution in [3.63, 3.8) is 0 Å². The molecule has 0 saturated carbocycles. The molecule has 0 bridgehead atoms. The minimum absolute atomic E-state index is 0.0426. The van der Waals surface area contributed by atoms with Gasteiger partial charge in [-0.3, -0.25) is 9.35 Å². The summed E-state index contributed by atoms with van der Waals surface area (Å²) in [5.41, 5.74) is 0.900. The summed E-state index contributed by atoms with van der Waals surface area (Å²) in [7, 11) is 47.4. The van der Waals surface area contributed by atoms with E-state index in [1.807, 2.05) is 0 Å². The molecule has 0 aliphatic rings. The van der Waals surface area contributed by atoms with Gasteiger partial charge in [0.15, 0.2) is 11.9 Å². The van der Waals surface area contributed by atoms with Crippen LogP contribution in [0.15, 0.2) is 48.5 Å². The van der Waals surface area contributed by atoms with E-state index in [-0.39, 0.29) is 90.6 Å². The number of benzene rings is 4. The van der Waals surface area contributed by atoms with Crippen LogP contribution in [0, 0.1) is 0 Å². The minimum atomic E-state index is -6.16. The van der Waals surface area contributed by atoms with Crippen molar-refractivity contribution >= 4 is 104 Å². The van der Waals surface area contributed by atoms with Crippen LogP contribution in [0.4, 0.5) is 8.78 Å². The number of carbonyl (C=O) groups excluding carboxylic acids is 4. The first kappa shape index (κ1) is 51.0. The average molecular weight is 853 g/mol. The Bertz CT molecular complexity index is 2450. The lowest BCUT2D eigenvalue weighted by atomic mass is 9.80. The van der Waals surface area contributed by atoms with Crippen molar-refractivity contribution in [1.82, 2.24) is 0 Å². The van der Waals surface area contributed by atoms with E-state index in [1.54, 1.807) is 24.3 Å². The Balaban J connectivity index is 2.07. The van der Waals surface area contributed by atoms with Crippen molar-refractivity contribution in [2.75, 3.05) is 0 Å². The molecule has 22 heteroatoms. The molecule has 1 N–H and O–H groups in total. The highest BCUT2D eigenvalue weighted by atomic mass is 32.2. The first-order valence-corrected chi connectivity index (χ1v) is 20.7. The Hall–Kier alpha value is -4.69. The van der Waals surface area contributed by atoms with Crippen LogP contribution in [0.2, 0.25) is 0 Å². The van der Waals surface area contributed by atoms with Gasteiger partial charge in [-0.1, -0.05) is 121 Å². The van der Waals surface area contributed by atoms with Gasteiger partial charge >= 0.3 is 33.3 Å². The quantitative estimate of drug-likeness (QED) is 0.0463. The predicted molar refractivity (Wildman–Crippen MR) is 240 cm³/mol. The van der Waals surface area contributed by atoms with Crippen LogP contribution in [0.3, 0.4) is 0 Å². The maximum Gasteiger partial charge on any atom is 0.405 e. The summed E-state index contributed by atoms with van der Waals surface area (Å²) in [6.07, 6.45) is -4.19. The van der Waals surface area contributed by atoms with Gasteiger partial charge in [0.2, 0.25) is 0 Å². The number of carbonyl (C=O) groups is 4. The Morgan fingerprint density at radius 1 is 0.540 bits per heavy atom. The van der Waals surface area contributed by atoms with Crippen molar-refractivity contribution < 1.29 is 55.1 Å². The standard InChI is InChI=1S/C41H33B9F2O10S/c1-20(41(51,52)63(57,58)59)60-38(54)33-8-31(35(53)10-30-24(14-45)2-21(11-42)3-25(30)15-46)32(39(55)61-36-26(16-47)4-22(12-43)5-27(36)17-48)9-34(33)40(56)62-37-28(18-49)6-23(13-44)7-29(37)19-50/h2-9,20H,10-19H2,1H3,(H,57,58,59). The van der Waals surface area contributed by atoms with E-state index < -0.39 is 73.8 Å². The van der Waals surface area contributed by atoms with E-state index in [1.165, 1.54) is 12.1 Å². The molecule has 0 aliphatic heterocycles. The monoisotopic (exact) mass is 854 g/mol. The van der Waals surface area contributed by atoms with Crippen LogP contribution in [0.1, 0.15) is 104 Å². The fourth-order valence-corrected chi connectivity index (χ4v) is 7.19. The second-order valence-corrected chi connectivity index (χ2v) is 15.6. The van der Waals surface area contributed by atoms with Gasteiger partial charge in [0.25, 0.3) is 0 Å². The first-order chi connectivity index (χ1) is 29.8. The van der Waals surface area contributed by atoms with Gasteiger partial charge in [0.05, 0.1) is 87.3 Å². The lowest BCUT2D eigenvalue weighted by Crippen LogP contribution is -2.42. The summed E-state index contributed by atoms with van der Waals surface area (Å²) in [5, 5.41) is -5.06. The molecular formula is C41H33B9F2O10S. The number of rotatable bonds is 20. The molecule has 1 unspecified atom stereocenters. The lowest BCUT2D eigenvalue weighted by Gasteiger charge is -2.22. The van der Waals surface area contributed by atoms with Gasteiger partial charge in [-0.2, -0.15) is 17.2 Å². The zero-order valence-electron chi connectivity index (χ0n) is 34.2. The molecule has 0 saturated heterocycles. The zero-order valence-corrected chi connectivity index (χ0v) is 35.1. The highest BCUT2D eigenvalue weighted by Crippen LogP contribution is 2.34. The van der Waals surface area contributed by atoms with Crippen molar-refractivity contribution in [2.45, 2.75) is 81.6 Å². The van der Waals surface area contributed by atoms with Crippen LogP contribution in [0.25, 0.3) is 0 Å². The van der Waals surface area contributed by atoms with Crippen molar-refractivity contribution in [3.8, 4) is 11.5 Å². The van der Waals surface area contributed by atoms with Crippen LogP contribution in [-0.4, -0.2) is 119 Å². The van der Waals surface area contributed by atoms with Gasteiger partial charge in [0, 0.05) is 12.0 Å². The Morgan fingerprint density at radius 2 is 0.857 bits per heavy atom. The molecule has 4 rings (SSSR count). The molecule has 63 heavy (non-hydrogen) atoms. The minimum Gasteiger partial charge on any atom is -0.451 e. The second-order valence-electron chi connectivity index (χ2n) is 14.1. The molecule has 0 heterocycles. The molecule has 0 spiro atoms. The molecular weight excluding hydrogens is 820 g/mol. The third kappa shape index (κ3) is 11.3. The fourth-order valence-electron chi connectivity index (χ4n) is 6.73. The van der Waals surface area contributed by atoms with Gasteiger partial charge in [-0.25, -0.2) is 14.4 Å². The summed E-state index contributed by atoms with van der Waals surface area (Å²) in [6.45, 7) is 0.454. The maximum atomic E-state index is 14.8. The molecule has 4 aromatic carbocycles. The number of hydrogen-bond acceptors (Lipinski definition) is 9.